The molecule has 0 radical (unpaired) electrons. The fraction of sp³-hybridized carbons (Fsp3) is 0.250. The molecule has 0 saturated heterocycles. The number of benzene rings is 2. The number of fused-ring (bicyclic) bond motifs is 6. The van der Waals surface area contributed by atoms with Gasteiger partial charge in [-0.3, -0.25) is 9.59 Å². The van der Waals surface area contributed by atoms with Gasteiger partial charge in [-0.2, -0.15) is 0 Å². The minimum absolute atomic E-state index is 0.236. The standard InChI is InChI=1S/C20H19NO3S2.C14H8ClNS2.C6H11BrO2/c22-18(23)4-2-1-3-11-24-15-7-5-14(6-8-15)21-16-9-12-25-19(16)20-17(21)10-13-26-20;15-9-1-3-10(4-2-9)16-11-5-7-17-13(11)14-12(16)6-8-18-14;7-5-3-1-2-4-6(8)9/h5-10,12-13H,1-4,11H2,(H,22,23);1-8H;1-5H2,(H,8,9). The normalized spacial score (nSPS) is 11.1. The number of alkyl halides is 1. The van der Waals surface area contributed by atoms with E-state index in [9.17, 15) is 9.59 Å². The number of rotatable bonds is 14. The molecule has 0 aliphatic carbocycles. The molecule has 0 fully saturated rings. The number of carboxylic acid groups (broad SMARTS) is 2. The summed E-state index contributed by atoms with van der Waals surface area (Å²) in [6.45, 7) is 0.617. The van der Waals surface area contributed by atoms with Crippen molar-refractivity contribution < 1.29 is 24.5 Å². The van der Waals surface area contributed by atoms with E-state index in [0.29, 0.717) is 19.4 Å². The van der Waals surface area contributed by atoms with Gasteiger partial charge in [0.1, 0.15) is 5.75 Å². The first kappa shape index (κ1) is 39.1. The molecule has 7 nitrogen and oxygen atoms in total. The van der Waals surface area contributed by atoms with Crippen LogP contribution in [0.15, 0.2) is 94.3 Å². The summed E-state index contributed by atoms with van der Waals surface area (Å²) >= 11 is 16.4. The Labute approximate surface area is 336 Å². The van der Waals surface area contributed by atoms with Gasteiger partial charge in [-0.05, 0) is 126 Å². The number of aliphatic carboxylic acids is 2. The zero-order chi connectivity index (χ0) is 37.2. The van der Waals surface area contributed by atoms with Gasteiger partial charge in [0.2, 0.25) is 0 Å². The maximum Gasteiger partial charge on any atom is 0.303 e. The summed E-state index contributed by atoms with van der Waals surface area (Å²) in [4.78, 5) is 20.4. The van der Waals surface area contributed by atoms with Gasteiger partial charge in [-0.25, -0.2) is 0 Å². The molecule has 0 atom stereocenters. The first-order valence-corrected chi connectivity index (χ1v) is 22.3. The van der Waals surface area contributed by atoms with Gasteiger partial charge in [-0.1, -0.05) is 34.0 Å². The van der Waals surface area contributed by atoms with Crippen molar-refractivity contribution in [3.8, 4) is 17.1 Å². The van der Waals surface area contributed by atoms with Crippen molar-refractivity contribution in [3.05, 3.63) is 99.3 Å². The van der Waals surface area contributed by atoms with Gasteiger partial charge in [0.15, 0.2) is 0 Å². The number of unbranched alkanes of at least 4 members (excludes halogenated alkanes) is 4. The van der Waals surface area contributed by atoms with Crippen molar-refractivity contribution in [1.82, 2.24) is 9.13 Å². The van der Waals surface area contributed by atoms with E-state index in [1.807, 2.05) is 24.3 Å². The van der Waals surface area contributed by atoms with Crippen molar-refractivity contribution in [3.63, 3.8) is 0 Å². The van der Waals surface area contributed by atoms with Crippen LogP contribution in [0.1, 0.15) is 51.4 Å². The summed E-state index contributed by atoms with van der Waals surface area (Å²) in [6, 6.07) is 24.9. The number of carboxylic acids is 2. The predicted octanol–water partition coefficient (Wildman–Crippen LogP) is 13.5. The quantitative estimate of drug-likeness (QED) is 0.0839. The average Bonchev–Trinajstić information content (AvgIpc) is 3.99. The van der Waals surface area contributed by atoms with Gasteiger partial charge in [0, 0.05) is 34.6 Å². The van der Waals surface area contributed by atoms with Crippen molar-refractivity contribution in [2.45, 2.75) is 51.4 Å². The number of ether oxygens (including phenoxy) is 1. The molecule has 8 aromatic rings. The molecule has 0 aliphatic rings. The second-order valence-corrected chi connectivity index (χ2v) is 17.0. The molecule has 0 saturated carbocycles. The van der Waals surface area contributed by atoms with Crippen LogP contribution in [0, 0.1) is 0 Å². The molecule has 0 amide bonds. The lowest BCUT2D eigenvalue weighted by Gasteiger charge is -2.09. The Bertz CT molecular complexity index is 2290. The third-order valence-corrected chi connectivity index (χ3v) is 13.2. The molecule has 2 aromatic carbocycles. The molecule has 6 aromatic heterocycles. The van der Waals surface area contributed by atoms with E-state index in [-0.39, 0.29) is 6.42 Å². The summed E-state index contributed by atoms with van der Waals surface area (Å²) in [5, 5.41) is 27.2. The van der Waals surface area contributed by atoms with Gasteiger partial charge in [-0.15, -0.1) is 45.3 Å². The highest BCUT2D eigenvalue weighted by molar-refractivity contribution is 9.09. The number of aromatic nitrogens is 2. The average molecular weight is 870 g/mol. The van der Waals surface area contributed by atoms with Crippen LogP contribution in [0.2, 0.25) is 5.02 Å². The highest BCUT2D eigenvalue weighted by Crippen LogP contribution is 2.39. The van der Waals surface area contributed by atoms with Crippen molar-refractivity contribution >= 4 is 126 Å². The van der Waals surface area contributed by atoms with Crippen LogP contribution in [0.25, 0.3) is 52.2 Å². The fourth-order valence-corrected chi connectivity index (χ4v) is 10.4. The van der Waals surface area contributed by atoms with E-state index >= 15 is 0 Å². The number of nitrogens with zero attached hydrogens (tertiary/aromatic N) is 2. The van der Waals surface area contributed by atoms with Gasteiger partial charge in [0.25, 0.3) is 0 Å². The van der Waals surface area contributed by atoms with Crippen molar-refractivity contribution in [1.29, 1.82) is 0 Å². The Morgan fingerprint density at radius 2 is 0.962 bits per heavy atom. The highest BCUT2D eigenvalue weighted by atomic mass is 79.9. The van der Waals surface area contributed by atoms with E-state index in [1.165, 1.54) is 40.9 Å². The first-order chi connectivity index (χ1) is 25.9. The number of hydrogen-bond donors (Lipinski definition) is 2. The third kappa shape index (κ3) is 9.72. The molecule has 6 heterocycles. The fourth-order valence-electron chi connectivity index (χ4n) is 5.98. The molecule has 53 heavy (non-hydrogen) atoms. The minimum Gasteiger partial charge on any atom is -0.494 e. The zero-order valence-corrected chi connectivity index (χ0v) is 34.3. The molecule has 0 aliphatic heterocycles. The molecular formula is C40H38BrClN2O5S4. The molecule has 0 spiro atoms. The van der Waals surface area contributed by atoms with Gasteiger partial charge in [0.05, 0.1) is 47.5 Å². The smallest absolute Gasteiger partial charge is 0.303 e. The molecule has 0 unspecified atom stereocenters. The minimum atomic E-state index is -0.731. The summed E-state index contributed by atoms with van der Waals surface area (Å²) in [7, 11) is 0. The second-order valence-electron chi connectivity index (χ2n) is 12.1. The highest BCUT2D eigenvalue weighted by Gasteiger charge is 2.15. The van der Waals surface area contributed by atoms with E-state index in [1.54, 1.807) is 45.3 Å². The predicted molar refractivity (Wildman–Crippen MR) is 230 cm³/mol. The monoisotopic (exact) mass is 868 g/mol. The largest absolute Gasteiger partial charge is 0.494 e. The number of hydrogen-bond acceptors (Lipinski definition) is 7. The number of halogens is 2. The van der Waals surface area contributed by atoms with Crippen LogP contribution in [0.3, 0.4) is 0 Å². The Kier molecular flexibility index (Phi) is 14.1. The number of carbonyl (C=O) groups is 2. The summed E-state index contributed by atoms with van der Waals surface area (Å²) in [6.07, 6.45) is 5.90. The molecule has 276 valence electrons. The SMILES string of the molecule is Clc1ccc(-n2c3ccsc3c3sccc32)cc1.O=C(O)CCCCCBr.O=C(O)CCCCCOc1ccc(-n2c3ccsc3c3sccc32)cc1. The maximum absolute atomic E-state index is 10.5. The summed E-state index contributed by atoms with van der Waals surface area (Å²) in [5.74, 6) is -0.571. The summed E-state index contributed by atoms with van der Waals surface area (Å²) in [5.41, 5.74) is 7.37. The lowest BCUT2D eigenvalue weighted by Crippen LogP contribution is -1.99. The second kappa shape index (κ2) is 19.1. The van der Waals surface area contributed by atoms with E-state index in [2.05, 4.69) is 95.1 Å². The van der Waals surface area contributed by atoms with Gasteiger partial charge >= 0.3 is 11.9 Å². The molecule has 2 N–H and O–H groups in total. The van der Waals surface area contributed by atoms with Crippen molar-refractivity contribution in [2.24, 2.45) is 0 Å². The van der Waals surface area contributed by atoms with Crippen LogP contribution in [0.5, 0.6) is 5.75 Å². The summed E-state index contributed by atoms with van der Waals surface area (Å²) < 4.78 is 15.8. The van der Waals surface area contributed by atoms with Crippen LogP contribution in [-0.2, 0) is 9.59 Å². The van der Waals surface area contributed by atoms with Crippen LogP contribution < -0.4 is 4.74 Å². The first-order valence-electron chi connectivity index (χ1n) is 17.2. The van der Waals surface area contributed by atoms with Crippen molar-refractivity contribution in [2.75, 3.05) is 11.9 Å². The zero-order valence-electron chi connectivity index (χ0n) is 28.7. The van der Waals surface area contributed by atoms with E-state index in [0.717, 1.165) is 59.6 Å². The lowest BCUT2D eigenvalue weighted by atomic mass is 10.2. The Morgan fingerprint density at radius 1 is 0.566 bits per heavy atom. The van der Waals surface area contributed by atoms with Crippen LogP contribution in [-0.4, -0.2) is 43.2 Å². The third-order valence-electron chi connectivity index (χ3n) is 8.46. The topological polar surface area (TPSA) is 93.7 Å². The lowest BCUT2D eigenvalue weighted by molar-refractivity contribution is -0.138. The Balaban J connectivity index is 0.000000154. The number of thiophene rings is 4. The Hall–Kier alpha value is -3.65. The van der Waals surface area contributed by atoms with Crippen LogP contribution in [0.4, 0.5) is 0 Å². The molecule has 13 heteroatoms. The Morgan fingerprint density at radius 3 is 1.36 bits per heavy atom. The molecular weight excluding hydrogens is 832 g/mol. The molecule has 0 bridgehead atoms. The van der Waals surface area contributed by atoms with E-state index < -0.39 is 11.9 Å². The van der Waals surface area contributed by atoms with E-state index in [4.69, 9.17) is 26.6 Å². The van der Waals surface area contributed by atoms with Gasteiger partial charge < -0.3 is 24.1 Å². The van der Waals surface area contributed by atoms with Crippen LogP contribution >= 0.6 is 72.9 Å². The maximum atomic E-state index is 10.5. The molecule has 8 rings (SSSR count).